The van der Waals surface area contributed by atoms with Crippen molar-refractivity contribution < 1.29 is 42.8 Å². The molecule has 0 radical (unpaired) electrons. The van der Waals surface area contributed by atoms with Gasteiger partial charge in [-0.2, -0.15) is 0 Å². The molecule has 4 atom stereocenters. The summed E-state index contributed by atoms with van der Waals surface area (Å²) in [4.78, 5) is 25.4. The Hall–Kier alpha value is -2.75. The number of ketones is 1. The summed E-state index contributed by atoms with van der Waals surface area (Å²) >= 11 is 0. The number of hydrogen-bond acceptors (Lipinski definition) is 8. The number of esters is 1. The molecule has 1 heterocycles. The summed E-state index contributed by atoms with van der Waals surface area (Å²) in [5, 5.41) is 10.6. The average Bonchev–Trinajstić information content (AvgIpc) is 2.78. The summed E-state index contributed by atoms with van der Waals surface area (Å²) in [5.74, 6) is -2.78. The average molecular weight is 452 g/mol. The van der Waals surface area contributed by atoms with Gasteiger partial charge in [0.25, 0.3) is 0 Å². The molecule has 3 unspecified atom stereocenters. The van der Waals surface area contributed by atoms with Crippen LogP contribution in [0.25, 0.3) is 6.08 Å². The highest BCUT2D eigenvalue weighted by molar-refractivity contribution is 5.98. The monoisotopic (exact) mass is 452 g/mol. The molecule has 1 aliphatic heterocycles. The first-order valence-electron chi connectivity index (χ1n) is 10.1. The highest BCUT2D eigenvalue weighted by atomic mass is 19.1. The van der Waals surface area contributed by atoms with Crippen molar-refractivity contribution in [2.75, 3.05) is 28.1 Å². The molecule has 2 rings (SSSR count). The first-order valence-corrected chi connectivity index (χ1v) is 10.1. The zero-order chi connectivity index (χ0) is 23.8. The van der Waals surface area contributed by atoms with Crippen LogP contribution in [0.4, 0.5) is 4.39 Å². The molecule has 0 saturated heterocycles. The van der Waals surface area contributed by atoms with Crippen LogP contribution >= 0.6 is 0 Å². The lowest BCUT2D eigenvalue weighted by molar-refractivity contribution is -0.134. The number of carbonyl (C=O) groups is 2. The van der Waals surface area contributed by atoms with Crippen LogP contribution in [-0.2, 0) is 19.0 Å². The van der Waals surface area contributed by atoms with E-state index in [1.807, 2.05) is 0 Å². The predicted octanol–water partition coefficient (Wildman–Crippen LogP) is 3.07. The summed E-state index contributed by atoms with van der Waals surface area (Å²) in [5.41, 5.74) is 0.527. The van der Waals surface area contributed by atoms with E-state index in [4.69, 9.17) is 23.7 Å². The molecule has 0 spiro atoms. The van der Waals surface area contributed by atoms with Gasteiger partial charge in [-0.15, -0.1) is 0 Å². The maximum absolute atomic E-state index is 14.4. The SMILES string of the molecule is COCOc1cc(OC)cc2c1C(=O)OC(C)C/C=C(/F)C(=O)C(OC)[C@@H](O)C(C)C=C2. The van der Waals surface area contributed by atoms with Crippen LogP contribution in [0.3, 0.4) is 0 Å². The minimum absolute atomic E-state index is 0.0546. The Morgan fingerprint density at radius 3 is 2.53 bits per heavy atom. The number of aliphatic hydroxyl groups excluding tert-OH is 1. The largest absolute Gasteiger partial charge is 0.497 e. The molecule has 1 aromatic carbocycles. The van der Waals surface area contributed by atoms with E-state index in [1.54, 1.807) is 32.1 Å². The van der Waals surface area contributed by atoms with Crippen molar-refractivity contribution in [3.63, 3.8) is 0 Å². The lowest BCUT2D eigenvalue weighted by Gasteiger charge is -2.24. The van der Waals surface area contributed by atoms with Crippen LogP contribution in [0, 0.1) is 5.92 Å². The minimum Gasteiger partial charge on any atom is -0.497 e. The smallest absolute Gasteiger partial charge is 0.342 e. The van der Waals surface area contributed by atoms with Crippen molar-refractivity contribution >= 4 is 17.8 Å². The molecule has 0 bridgehead atoms. The first kappa shape index (κ1) is 25.5. The zero-order valence-corrected chi connectivity index (χ0v) is 18.8. The lowest BCUT2D eigenvalue weighted by atomic mass is 9.94. The fourth-order valence-corrected chi connectivity index (χ4v) is 3.16. The maximum atomic E-state index is 14.4. The van der Waals surface area contributed by atoms with E-state index >= 15 is 0 Å². The van der Waals surface area contributed by atoms with Crippen LogP contribution in [0.1, 0.15) is 36.2 Å². The number of rotatable bonds is 5. The molecule has 0 aromatic heterocycles. The highest BCUT2D eigenvalue weighted by Crippen LogP contribution is 2.32. The predicted molar refractivity (Wildman–Crippen MR) is 114 cm³/mol. The van der Waals surface area contributed by atoms with Gasteiger partial charge < -0.3 is 28.8 Å². The topological polar surface area (TPSA) is 101 Å². The second-order valence-electron chi connectivity index (χ2n) is 7.37. The van der Waals surface area contributed by atoms with Crippen molar-refractivity contribution in [3.8, 4) is 11.5 Å². The van der Waals surface area contributed by atoms with Crippen molar-refractivity contribution in [1.29, 1.82) is 0 Å². The van der Waals surface area contributed by atoms with Gasteiger partial charge in [-0.05, 0) is 24.6 Å². The standard InChI is InChI=1S/C23H29FO8/c1-13-6-8-15-10-16(29-4)11-18(31-12-28-3)19(15)23(27)32-14(2)7-9-17(24)21(26)22(30-5)20(13)25/h6,8-11,13-14,20,22,25H,7,12H2,1-5H3/b8-6?,17-9+/t13?,14?,20-,22?/m0/s1. The van der Waals surface area contributed by atoms with Gasteiger partial charge in [0.15, 0.2) is 12.6 Å². The van der Waals surface area contributed by atoms with Gasteiger partial charge in [0.2, 0.25) is 5.78 Å². The summed E-state index contributed by atoms with van der Waals surface area (Å²) in [7, 11) is 4.14. The number of hydrogen-bond donors (Lipinski definition) is 1. The van der Waals surface area contributed by atoms with Crippen LogP contribution in [0.2, 0.25) is 0 Å². The number of carbonyl (C=O) groups excluding carboxylic acids is 2. The quantitative estimate of drug-likeness (QED) is 0.537. The number of halogens is 1. The third-order valence-corrected chi connectivity index (χ3v) is 4.99. The number of aliphatic hydroxyl groups is 1. The molecule has 1 aliphatic rings. The molecule has 0 fully saturated rings. The molecule has 32 heavy (non-hydrogen) atoms. The molecular formula is C23H29FO8. The third kappa shape index (κ3) is 6.15. The summed E-state index contributed by atoms with van der Waals surface area (Å²) in [6, 6.07) is 3.14. The van der Waals surface area contributed by atoms with Gasteiger partial charge in [0, 0.05) is 32.6 Å². The Balaban J connectivity index is 2.62. The first-order chi connectivity index (χ1) is 15.2. The van der Waals surface area contributed by atoms with Crippen molar-refractivity contribution in [2.45, 2.75) is 38.6 Å². The lowest BCUT2D eigenvalue weighted by Crippen LogP contribution is -2.39. The van der Waals surface area contributed by atoms with Crippen molar-refractivity contribution in [2.24, 2.45) is 5.92 Å². The van der Waals surface area contributed by atoms with E-state index in [0.717, 1.165) is 6.08 Å². The minimum atomic E-state index is -1.39. The van der Waals surface area contributed by atoms with E-state index < -0.39 is 41.8 Å². The summed E-state index contributed by atoms with van der Waals surface area (Å²) in [6.45, 7) is 3.08. The van der Waals surface area contributed by atoms with Gasteiger partial charge in [0.05, 0.1) is 13.2 Å². The highest BCUT2D eigenvalue weighted by Gasteiger charge is 2.32. The molecule has 176 valence electrons. The van der Waals surface area contributed by atoms with Gasteiger partial charge >= 0.3 is 5.97 Å². The van der Waals surface area contributed by atoms with Crippen LogP contribution in [-0.4, -0.2) is 63.3 Å². The van der Waals surface area contributed by atoms with E-state index in [-0.39, 0.29) is 24.5 Å². The summed E-state index contributed by atoms with van der Waals surface area (Å²) in [6.07, 6.45) is 0.649. The van der Waals surface area contributed by atoms with Crippen LogP contribution < -0.4 is 9.47 Å². The fourth-order valence-electron chi connectivity index (χ4n) is 3.16. The van der Waals surface area contributed by atoms with Crippen molar-refractivity contribution in [3.05, 3.63) is 41.2 Å². The number of fused-ring (bicyclic) bond motifs is 1. The molecular weight excluding hydrogens is 423 g/mol. The molecule has 1 aromatic rings. The number of Topliss-reactive ketones (excluding diaryl/α,β-unsaturated/α-hetero) is 1. The maximum Gasteiger partial charge on any atom is 0.342 e. The molecule has 0 amide bonds. The molecule has 0 saturated carbocycles. The van der Waals surface area contributed by atoms with Gasteiger partial charge in [-0.25, -0.2) is 9.18 Å². The number of benzene rings is 1. The molecule has 9 heteroatoms. The van der Waals surface area contributed by atoms with Crippen LogP contribution in [0.5, 0.6) is 11.5 Å². The Bertz CT molecular complexity index is 879. The number of ether oxygens (including phenoxy) is 5. The Labute approximate surface area is 186 Å². The fraction of sp³-hybridized carbons (Fsp3) is 0.478. The molecule has 1 N–H and O–H groups in total. The van der Waals surface area contributed by atoms with Gasteiger partial charge in [0.1, 0.15) is 29.3 Å². The van der Waals surface area contributed by atoms with E-state index in [9.17, 15) is 19.1 Å². The Morgan fingerprint density at radius 2 is 1.91 bits per heavy atom. The van der Waals surface area contributed by atoms with E-state index in [1.165, 1.54) is 27.4 Å². The second kappa shape index (κ2) is 11.8. The van der Waals surface area contributed by atoms with Gasteiger partial charge in [-0.1, -0.05) is 19.1 Å². The zero-order valence-electron chi connectivity index (χ0n) is 18.8. The Morgan fingerprint density at radius 1 is 1.19 bits per heavy atom. The molecule has 0 aliphatic carbocycles. The van der Waals surface area contributed by atoms with E-state index in [0.29, 0.717) is 11.3 Å². The van der Waals surface area contributed by atoms with E-state index in [2.05, 4.69) is 0 Å². The summed E-state index contributed by atoms with van der Waals surface area (Å²) < 4.78 is 40.7. The Kier molecular flexibility index (Phi) is 9.37. The molecule has 8 nitrogen and oxygen atoms in total. The van der Waals surface area contributed by atoms with Crippen LogP contribution in [0.15, 0.2) is 30.1 Å². The van der Waals surface area contributed by atoms with Gasteiger partial charge in [-0.3, -0.25) is 4.79 Å². The number of cyclic esters (lactones) is 1. The number of methoxy groups -OCH3 is 3. The normalized spacial score (nSPS) is 26.4. The second-order valence-corrected chi connectivity index (χ2v) is 7.37. The van der Waals surface area contributed by atoms with Crippen molar-refractivity contribution in [1.82, 2.24) is 0 Å². The third-order valence-electron chi connectivity index (χ3n) is 4.99.